The number of hydrogen-bond donors (Lipinski definition) is 0. The van der Waals surface area contributed by atoms with Crippen molar-refractivity contribution in [2.45, 2.75) is 38.8 Å². The minimum atomic E-state index is 0.0481. The molecule has 1 aliphatic heterocycles. The van der Waals surface area contributed by atoms with Gasteiger partial charge in [0.05, 0.1) is 17.9 Å². The summed E-state index contributed by atoms with van der Waals surface area (Å²) in [5.41, 5.74) is 3.36. The fourth-order valence-electron chi connectivity index (χ4n) is 3.82. The van der Waals surface area contributed by atoms with Crippen LogP contribution in [0.1, 0.15) is 29.8 Å². The van der Waals surface area contributed by atoms with Crippen molar-refractivity contribution in [3.8, 4) is 0 Å². The molecule has 2 aromatic rings. The first-order valence-corrected chi connectivity index (χ1v) is 9.59. The first-order chi connectivity index (χ1) is 12.8. The number of hydrogen-bond acceptors (Lipinski definition) is 6. The van der Waals surface area contributed by atoms with E-state index in [0.717, 1.165) is 69.1 Å². The molecule has 1 fully saturated rings. The Morgan fingerprint density at radius 2 is 1.81 bits per heavy atom. The van der Waals surface area contributed by atoms with Gasteiger partial charge in [-0.25, -0.2) is 4.68 Å². The van der Waals surface area contributed by atoms with Gasteiger partial charge >= 0.3 is 0 Å². The Morgan fingerprint density at radius 3 is 2.62 bits per heavy atom. The van der Waals surface area contributed by atoms with E-state index in [0.29, 0.717) is 6.54 Å². The zero-order valence-electron chi connectivity index (χ0n) is 15.2. The van der Waals surface area contributed by atoms with Crippen LogP contribution in [0.5, 0.6) is 0 Å². The van der Waals surface area contributed by atoms with Crippen LogP contribution in [0.25, 0.3) is 0 Å². The van der Waals surface area contributed by atoms with Crippen molar-refractivity contribution >= 4 is 0 Å². The van der Waals surface area contributed by atoms with E-state index in [4.69, 9.17) is 0 Å². The van der Waals surface area contributed by atoms with Crippen molar-refractivity contribution in [1.82, 2.24) is 29.8 Å². The van der Waals surface area contributed by atoms with Crippen LogP contribution in [-0.2, 0) is 25.9 Å². The van der Waals surface area contributed by atoms with Gasteiger partial charge < -0.3 is 0 Å². The summed E-state index contributed by atoms with van der Waals surface area (Å²) in [6.07, 6.45) is 6.09. The van der Waals surface area contributed by atoms with E-state index >= 15 is 0 Å². The molecule has 4 rings (SSSR count). The Morgan fingerprint density at radius 1 is 1.00 bits per heavy atom. The van der Waals surface area contributed by atoms with Gasteiger partial charge in [0, 0.05) is 51.5 Å². The molecule has 7 nitrogen and oxygen atoms in total. The molecule has 0 saturated carbocycles. The van der Waals surface area contributed by atoms with Crippen LogP contribution in [0, 0.1) is 0 Å². The Bertz CT molecular complexity index is 782. The first kappa shape index (κ1) is 17.3. The highest BCUT2D eigenvalue weighted by atomic mass is 16.1. The number of fused-ring (bicyclic) bond motifs is 1. The SMILES string of the molecule is O=c1cc2c(nn1CCN1CCN(Cc3cccnn3)CC1)CCCC2. The number of aromatic nitrogens is 4. The predicted octanol–water partition coefficient (Wildman–Crippen LogP) is 0.730. The van der Waals surface area contributed by atoms with E-state index in [1.807, 2.05) is 12.1 Å². The molecule has 26 heavy (non-hydrogen) atoms. The lowest BCUT2D eigenvalue weighted by Gasteiger charge is -2.34. The summed E-state index contributed by atoms with van der Waals surface area (Å²) >= 11 is 0. The van der Waals surface area contributed by atoms with Crippen molar-refractivity contribution in [3.05, 3.63) is 51.7 Å². The summed E-state index contributed by atoms with van der Waals surface area (Å²) in [6, 6.07) is 5.76. The highest BCUT2D eigenvalue weighted by Crippen LogP contribution is 2.16. The quantitative estimate of drug-likeness (QED) is 0.789. The van der Waals surface area contributed by atoms with E-state index in [1.165, 1.54) is 12.8 Å². The molecule has 7 heteroatoms. The third-order valence-electron chi connectivity index (χ3n) is 5.38. The standard InChI is InChI=1S/C19H26N6O/c26-19-14-16-4-1-2-6-18(16)22-25(19)13-12-23-8-10-24(11-9-23)15-17-5-3-7-20-21-17/h3,5,7,14H,1-2,4,6,8-13,15H2. The molecule has 0 unspecified atom stereocenters. The Hall–Kier alpha value is -2.12. The van der Waals surface area contributed by atoms with Crippen molar-refractivity contribution in [1.29, 1.82) is 0 Å². The van der Waals surface area contributed by atoms with Gasteiger partial charge in [0.15, 0.2) is 0 Å². The summed E-state index contributed by atoms with van der Waals surface area (Å²) < 4.78 is 1.66. The second-order valence-electron chi connectivity index (χ2n) is 7.22. The highest BCUT2D eigenvalue weighted by molar-refractivity contribution is 5.20. The smallest absolute Gasteiger partial charge is 0.267 e. The summed E-state index contributed by atoms with van der Waals surface area (Å²) in [5, 5.41) is 12.7. The predicted molar refractivity (Wildman–Crippen MR) is 98.9 cm³/mol. The van der Waals surface area contributed by atoms with Gasteiger partial charge in [-0.3, -0.25) is 14.6 Å². The lowest BCUT2D eigenvalue weighted by Crippen LogP contribution is -2.47. The molecular weight excluding hydrogens is 328 g/mol. The molecular formula is C19H26N6O. The maximum absolute atomic E-state index is 12.3. The molecule has 0 radical (unpaired) electrons. The minimum absolute atomic E-state index is 0.0481. The molecule has 2 aromatic heterocycles. The molecule has 0 aromatic carbocycles. The van der Waals surface area contributed by atoms with E-state index in [1.54, 1.807) is 16.9 Å². The average Bonchev–Trinajstić information content (AvgIpc) is 2.68. The summed E-state index contributed by atoms with van der Waals surface area (Å²) in [6.45, 7) is 6.47. The summed E-state index contributed by atoms with van der Waals surface area (Å²) in [7, 11) is 0. The maximum atomic E-state index is 12.3. The Balaban J connectivity index is 1.28. The average molecular weight is 354 g/mol. The number of aryl methyl sites for hydroxylation is 2. The van der Waals surface area contributed by atoms with E-state index in [-0.39, 0.29) is 5.56 Å². The van der Waals surface area contributed by atoms with Crippen LogP contribution in [0.15, 0.2) is 29.2 Å². The lowest BCUT2D eigenvalue weighted by atomic mass is 9.97. The van der Waals surface area contributed by atoms with E-state index in [9.17, 15) is 4.79 Å². The second-order valence-corrected chi connectivity index (χ2v) is 7.22. The summed E-state index contributed by atoms with van der Waals surface area (Å²) in [4.78, 5) is 17.1. The lowest BCUT2D eigenvalue weighted by molar-refractivity contribution is 0.121. The molecule has 138 valence electrons. The molecule has 0 atom stereocenters. The summed E-state index contributed by atoms with van der Waals surface area (Å²) in [5.74, 6) is 0. The van der Waals surface area contributed by atoms with Crippen LogP contribution >= 0.6 is 0 Å². The third-order valence-corrected chi connectivity index (χ3v) is 5.38. The highest BCUT2D eigenvalue weighted by Gasteiger charge is 2.18. The zero-order valence-corrected chi connectivity index (χ0v) is 15.2. The molecule has 2 aliphatic rings. The van der Waals surface area contributed by atoms with Gasteiger partial charge in [-0.15, -0.1) is 0 Å². The van der Waals surface area contributed by atoms with E-state index in [2.05, 4.69) is 25.1 Å². The fourth-order valence-corrected chi connectivity index (χ4v) is 3.82. The Kier molecular flexibility index (Phi) is 5.36. The maximum Gasteiger partial charge on any atom is 0.267 e. The van der Waals surface area contributed by atoms with Crippen LogP contribution in [0.2, 0.25) is 0 Å². The largest absolute Gasteiger partial charge is 0.299 e. The van der Waals surface area contributed by atoms with Gasteiger partial charge in [0.2, 0.25) is 0 Å². The second kappa shape index (κ2) is 8.05. The molecule has 0 spiro atoms. The molecule has 1 aliphatic carbocycles. The number of piperazine rings is 1. The minimum Gasteiger partial charge on any atom is -0.299 e. The molecule has 0 bridgehead atoms. The van der Waals surface area contributed by atoms with Crippen molar-refractivity contribution in [3.63, 3.8) is 0 Å². The van der Waals surface area contributed by atoms with Gasteiger partial charge in [0.1, 0.15) is 0 Å². The Labute approximate surface area is 153 Å². The van der Waals surface area contributed by atoms with Gasteiger partial charge in [-0.1, -0.05) is 0 Å². The van der Waals surface area contributed by atoms with Crippen LogP contribution < -0.4 is 5.56 Å². The molecule has 0 amide bonds. The third kappa shape index (κ3) is 4.16. The van der Waals surface area contributed by atoms with Gasteiger partial charge in [-0.2, -0.15) is 15.3 Å². The van der Waals surface area contributed by atoms with Crippen LogP contribution in [-0.4, -0.2) is 62.5 Å². The van der Waals surface area contributed by atoms with Gasteiger partial charge in [0.25, 0.3) is 5.56 Å². The molecule has 1 saturated heterocycles. The zero-order chi connectivity index (χ0) is 17.8. The van der Waals surface area contributed by atoms with Crippen molar-refractivity contribution < 1.29 is 0 Å². The normalized spacial score (nSPS) is 18.6. The fraction of sp³-hybridized carbons (Fsp3) is 0.579. The van der Waals surface area contributed by atoms with Crippen molar-refractivity contribution in [2.24, 2.45) is 0 Å². The van der Waals surface area contributed by atoms with Crippen molar-refractivity contribution in [2.75, 3.05) is 32.7 Å². The topological polar surface area (TPSA) is 67.2 Å². The van der Waals surface area contributed by atoms with Crippen LogP contribution in [0.4, 0.5) is 0 Å². The van der Waals surface area contributed by atoms with Crippen LogP contribution in [0.3, 0.4) is 0 Å². The molecule has 0 N–H and O–H groups in total. The monoisotopic (exact) mass is 354 g/mol. The number of rotatable bonds is 5. The molecule has 3 heterocycles. The van der Waals surface area contributed by atoms with Gasteiger partial charge in [-0.05, 0) is 43.4 Å². The van der Waals surface area contributed by atoms with E-state index < -0.39 is 0 Å². The number of nitrogens with zero attached hydrogens (tertiary/aromatic N) is 6. The first-order valence-electron chi connectivity index (χ1n) is 9.59.